The van der Waals surface area contributed by atoms with Crippen LogP contribution in [0.15, 0.2) is 35.5 Å². The quantitative estimate of drug-likeness (QED) is 0.308. The van der Waals surface area contributed by atoms with E-state index in [2.05, 4.69) is 22.3 Å². The zero-order chi connectivity index (χ0) is 15.1. The minimum absolute atomic E-state index is 0.0954. The van der Waals surface area contributed by atoms with E-state index in [1.54, 1.807) is 0 Å². The highest BCUT2D eigenvalue weighted by Crippen LogP contribution is 2.15. The molecule has 0 amide bonds. The summed E-state index contributed by atoms with van der Waals surface area (Å²) in [6.45, 7) is 6.25. The van der Waals surface area contributed by atoms with E-state index in [4.69, 9.17) is 10.9 Å². The fourth-order valence-electron chi connectivity index (χ4n) is 2.90. The molecular weight excluding hydrogens is 264 g/mol. The normalized spacial score (nSPS) is 19.6. The van der Waals surface area contributed by atoms with Gasteiger partial charge in [-0.1, -0.05) is 35.5 Å². The van der Waals surface area contributed by atoms with Gasteiger partial charge in [0.15, 0.2) is 0 Å². The van der Waals surface area contributed by atoms with Gasteiger partial charge in [-0.15, -0.1) is 0 Å². The van der Waals surface area contributed by atoms with Crippen LogP contribution in [-0.4, -0.2) is 48.2 Å². The monoisotopic (exact) mass is 290 g/mol. The third kappa shape index (κ3) is 4.44. The van der Waals surface area contributed by atoms with Gasteiger partial charge in [0.25, 0.3) is 0 Å². The van der Waals surface area contributed by atoms with E-state index in [1.165, 1.54) is 25.9 Å². The molecule has 1 aromatic rings. The lowest BCUT2D eigenvalue weighted by Crippen LogP contribution is -2.41. The minimum atomic E-state index is -0.0954. The lowest BCUT2D eigenvalue weighted by atomic mass is 9.98. The summed E-state index contributed by atoms with van der Waals surface area (Å²) < 4.78 is 0. The van der Waals surface area contributed by atoms with Gasteiger partial charge in [0, 0.05) is 19.1 Å². The van der Waals surface area contributed by atoms with Crippen molar-refractivity contribution in [2.24, 2.45) is 10.9 Å². The topological polar surface area (TPSA) is 73.9 Å². The summed E-state index contributed by atoms with van der Waals surface area (Å²) in [4.78, 5) is 2.51. The molecule has 2 rings (SSSR count). The minimum Gasteiger partial charge on any atom is -0.409 e. The Balaban J connectivity index is 1.88. The fraction of sp³-hybridized carbons (Fsp3) is 0.562. The molecule has 5 nitrogen and oxygen atoms in total. The van der Waals surface area contributed by atoms with Crippen molar-refractivity contribution in [1.29, 1.82) is 0 Å². The number of rotatable bonds is 7. The van der Waals surface area contributed by atoms with Gasteiger partial charge in [0.05, 0.1) is 5.92 Å². The van der Waals surface area contributed by atoms with Crippen LogP contribution in [0, 0.1) is 0 Å². The van der Waals surface area contributed by atoms with Crippen molar-refractivity contribution in [2.45, 2.75) is 31.7 Å². The molecule has 21 heavy (non-hydrogen) atoms. The van der Waals surface area contributed by atoms with Crippen LogP contribution >= 0.6 is 0 Å². The Morgan fingerprint density at radius 1 is 1.29 bits per heavy atom. The Hall–Kier alpha value is -1.59. The molecular formula is C16H26N4O. The molecule has 1 saturated heterocycles. The first-order valence-electron chi connectivity index (χ1n) is 7.69. The predicted octanol–water partition coefficient (Wildman–Crippen LogP) is 1.59. The van der Waals surface area contributed by atoms with E-state index in [0.29, 0.717) is 12.6 Å². The lowest BCUT2D eigenvalue weighted by Gasteiger charge is -2.25. The smallest absolute Gasteiger partial charge is 0.147 e. The Kier molecular flexibility index (Phi) is 6.02. The molecule has 2 unspecified atom stereocenters. The van der Waals surface area contributed by atoms with Gasteiger partial charge in [-0.3, -0.25) is 4.90 Å². The van der Waals surface area contributed by atoms with Crippen molar-refractivity contribution >= 4 is 5.84 Å². The number of amidine groups is 1. The van der Waals surface area contributed by atoms with Crippen LogP contribution in [0.1, 0.15) is 31.2 Å². The number of nitrogens with one attached hydrogen (secondary N) is 1. The van der Waals surface area contributed by atoms with Crippen LogP contribution in [0.25, 0.3) is 0 Å². The highest BCUT2D eigenvalue weighted by atomic mass is 16.4. The number of oxime groups is 1. The lowest BCUT2D eigenvalue weighted by molar-refractivity contribution is 0.252. The summed E-state index contributed by atoms with van der Waals surface area (Å²) in [5.41, 5.74) is 6.90. The molecule has 1 heterocycles. The van der Waals surface area contributed by atoms with Crippen LogP contribution in [-0.2, 0) is 0 Å². The van der Waals surface area contributed by atoms with Crippen LogP contribution in [0.3, 0.4) is 0 Å². The Morgan fingerprint density at radius 3 is 2.57 bits per heavy atom. The number of nitrogens with zero attached hydrogens (tertiary/aromatic N) is 2. The Morgan fingerprint density at radius 2 is 1.95 bits per heavy atom. The van der Waals surface area contributed by atoms with E-state index >= 15 is 0 Å². The largest absolute Gasteiger partial charge is 0.409 e. The summed E-state index contributed by atoms with van der Waals surface area (Å²) in [7, 11) is 0. The molecule has 1 aliphatic heterocycles. The third-order valence-electron chi connectivity index (χ3n) is 4.23. The number of hydrogen-bond acceptors (Lipinski definition) is 4. The summed E-state index contributed by atoms with van der Waals surface area (Å²) >= 11 is 0. The van der Waals surface area contributed by atoms with E-state index < -0.39 is 0 Å². The molecule has 0 aromatic heterocycles. The molecule has 1 fully saturated rings. The third-order valence-corrected chi connectivity index (χ3v) is 4.23. The molecule has 4 N–H and O–H groups in total. The van der Waals surface area contributed by atoms with Crippen LogP contribution in [0.4, 0.5) is 0 Å². The van der Waals surface area contributed by atoms with Crippen LogP contribution in [0.5, 0.6) is 0 Å². The highest BCUT2D eigenvalue weighted by molar-refractivity contribution is 5.87. The highest BCUT2D eigenvalue weighted by Gasteiger charge is 2.20. The zero-order valence-corrected chi connectivity index (χ0v) is 12.7. The fourth-order valence-corrected chi connectivity index (χ4v) is 2.90. The van der Waals surface area contributed by atoms with E-state index in [9.17, 15) is 0 Å². The maximum atomic E-state index is 8.97. The second kappa shape index (κ2) is 8.00. The SMILES string of the molecule is CC(CNCC(/C(N)=N/O)c1ccccc1)N1CCCC1. The molecule has 0 spiro atoms. The van der Waals surface area contributed by atoms with Crippen LogP contribution < -0.4 is 11.1 Å². The number of hydrogen-bond donors (Lipinski definition) is 3. The molecule has 5 heteroatoms. The second-order valence-electron chi connectivity index (χ2n) is 5.74. The maximum absolute atomic E-state index is 8.97. The van der Waals surface area contributed by atoms with Crippen molar-refractivity contribution in [3.05, 3.63) is 35.9 Å². The van der Waals surface area contributed by atoms with Crippen LogP contribution in [0.2, 0.25) is 0 Å². The second-order valence-corrected chi connectivity index (χ2v) is 5.74. The average molecular weight is 290 g/mol. The standard InChI is InChI=1S/C16H26N4O/c1-13(20-9-5-6-10-20)11-18-12-15(16(17)19-21)14-7-3-2-4-8-14/h2-4,7-8,13,15,18,21H,5-6,9-12H2,1H3,(H2,17,19). The van der Waals surface area contributed by atoms with E-state index in [-0.39, 0.29) is 11.8 Å². The van der Waals surface area contributed by atoms with Gasteiger partial charge in [0.2, 0.25) is 0 Å². The van der Waals surface area contributed by atoms with Gasteiger partial charge < -0.3 is 16.3 Å². The van der Waals surface area contributed by atoms with Gasteiger partial charge in [-0.25, -0.2) is 0 Å². The summed E-state index contributed by atoms with van der Waals surface area (Å²) in [6.07, 6.45) is 2.61. The van der Waals surface area contributed by atoms with Gasteiger partial charge >= 0.3 is 0 Å². The predicted molar refractivity (Wildman–Crippen MR) is 85.7 cm³/mol. The summed E-state index contributed by atoms with van der Waals surface area (Å²) in [6, 6.07) is 10.5. The van der Waals surface area contributed by atoms with Gasteiger partial charge in [-0.2, -0.15) is 0 Å². The molecule has 0 bridgehead atoms. The number of benzene rings is 1. The van der Waals surface area contributed by atoms with Crippen molar-refractivity contribution < 1.29 is 5.21 Å². The molecule has 1 aromatic carbocycles. The molecule has 0 saturated carbocycles. The maximum Gasteiger partial charge on any atom is 0.147 e. The summed E-state index contributed by atoms with van der Waals surface area (Å²) in [5, 5.41) is 15.6. The molecule has 1 aliphatic rings. The van der Waals surface area contributed by atoms with Crippen molar-refractivity contribution in [3.63, 3.8) is 0 Å². The van der Waals surface area contributed by atoms with Crippen molar-refractivity contribution in [3.8, 4) is 0 Å². The summed E-state index contributed by atoms with van der Waals surface area (Å²) in [5.74, 6) is 0.157. The first-order valence-corrected chi connectivity index (χ1v) is 7.69. The first kappa shape index (κ1) is 15.8. The molecule has 2 atom stereocenters. The Bertz CT molecular complexity index is 443. The van der Waals surface area contributed by atoms with Gasteiger partial charge in [-0.05, 0) is 38.4 Å². The molecule has 0 radical (unpaired) electrons. The van der Waals surface area contributed by atoms with Crippen molar-refractivity contribution in [2.75, 3.05) is 26.2 Å². The Labute approximate surface area is 126 Å². The molecule has 0 aliphatic carbocycles. The first-order chi connectivity index (χ1) is 10.2. The number of nitrogens with two attached hydrogens (primary N) is 1. The van der Waals surface area contributed by atoms with E-state index in [0.717, 1.165) is 12.1 Å². The number of likely N-dealkylation sites (tertiary alicyclic amines) is 1. The van der Waals surface area contributed by atoms with Gasteiger partial charge in [0.1, 0.15) is 5.84 Å². The molecule has 116 valence electrons. The van der Waals surface area contributed by atoms with Crippen molar-refractivity contribution in [1.82, 2.24) is 10.2 Å². The average Bonchev–Trinajstić information content (AvgIpc) is 3.06. The zero-order valence-electron chi connectivity index (χ0n) is 12.7. The van der Waals surface area contributed by atoms with E-state index in [1.807, 2.05) is 30.3 Å².